The summed E-state index contributed by atoms with van der Waals surface area (Å²) < 4.78 is 6.89. The molecule has 9 heteroatoms. The van der Waals surface area contributed by atoms with Crippen LogP contribution in [-0.2, 0) is 9.53 Å². The molecule has 0 bridgehead atoms. The van der Waals surface area contributed by atoms with Crippen LogP contribution in [0.3, 0.4) is 0 Å². The number of rotatable bonds is 10. The van der Waals surface area contributed by atoms with Crippen LogP contribution < -0.4 is 16.4 Å². The summed E-state index contributed by atoms with van der Waals surface area (Å²) in [5.74, 6) is -1.11. The zero-order valence-corrected chi connectivity index (χ0v) is 22.7. The van der Waals surface area contributed by atoms with Crippen molar-refractivity contribution in [1.29, 1.82) is 0 Å². The van der Waals surface area contributed by atoms with Crippen LogP contribution in [0.2, 0.25) is 0 Å². The number of hydrogen-bond acceptors (Lipinski definition) is 6. The molecule has 2 amide bonds. The Balaban J connectivity index is 1.78. The van der Waals surface area contributed by atoms with Crippen molar-refractivity contribution in [2.75, 3.05) is 11.9 Å². The topological polar surface area (TPSA) is 128 Å². The van der Waals surface area contributed by atoms with Gasteiger partial charge in [0.05, 0.1) is 23.1 Å². The molecule has 9 nitrogen and oxygen atoms in total. The van der Waals surface area contributed by atoms with Gasteiger partial charge in [0.25, 0.3) is 5.91 Å². The number of hydrogen-bond donors (Lipinski definition) is 3. The lowest BCUT2D eigenvalue weighted by atomic mass is 9.84. The number of anilines is 1. The van der Waals surface area contributed by atoms with Gasteiger partial charge >= 0.3 is 6.09 Å². The van der Waals surface area contributed by atoms with E-state index in [9.17, 15) is 14.4 Å². The Hall–Kier alpha value is -3.98. The van der Waals surface area contributed by atoms with E-state index in [1.165, 1.54) is 6.20 Å². The van der Waals surface area contributed by atoms with E-state index in [4.69, 9.17) is 10.5 Å². The zero-order chi connectivity index (χ0) is 27.9. The van der Waals surface area contributed by atoms with Crippen LogP contribution in [-0.4, -0.2) is 45.2 Å². The summed E-state index contributed by atoms with van der Waals surface area (Å²) in [6, 6.07) is 16.7. The monoisotopic (exact) mass is 519 g/mol. The lowest BCUT2D eigenvalue weighted by molar-refractivity contribution is -0.119. The highest BCUT2D eigenvalue weighted by atomic mass is 16.6. The van der Waals surface area contributed by atoms with Gasteiger partial charge in [-0.1, -0.05) is 35.9 Å². The minimum absolute atomic E-state index is 0.0789. The van der Waals surface area contributed by atoms with E-state index in [2.05, 4.69) is 15.7 Å². The maximum Gasteiger partial charge on any atom is 0.407 e. The van der Waals surface area contributed by atoms with Crippen LogP contribution in [0.15, 0.2) is 60.8 Å². The standard InChI is InChI=1S/C29H37N5O4/c1-20-13-15-22(16-14-20)33-26(36)29(30,17-9-10-18-31-27(37)38-28(3,4)5)25(35)24-19-32-34(21(24)2)23-11-7-6-8-12-23/h6-8,11-16,19H,9-10,17-18,30H2,1-5H3,(H,31,37)(H,33,36)/t29-/m0/s1. The van der Waals surface area contributed by atoms with Crippen molar-refractivity contribution in [3.05, 3.63) is 77.6 Å². The van der Waals surface area contributed by atoms with Crippen LogP contribution in [0.5, 0.6) is 0 Å². The third-order valence-electron chi connectivity index (χ3n) is 6.04. The normalized spacial score (nSPS) is 12.9. The van der Waals surface area contributed by atoms with Crippen molar-refractivity contribution in [3.8, 4) is 5.69 Å². The summed E-state index contributed by atoms with van der Waals surface area (Å²) in [7, 11) is 0. The summed E-state index contributed by atoms with van der Waals surface area (Å²) in [6.45, 7) is 9.40. The van der Waals surface area contributed by atoms with E-state index in [0.717, 1.165) is 11.3 Å². The quantitative estimate of drug-likeness (QED) is 0.202. The molecule has 3 rings (SSSR count). The van der Waals surface area contributed by atoms with E-state index in [1.807, 2.05) is 49.4 Å². The first-order valence-corrected chi connectivity index (χ1v) is 12.7. The van der Waals surface area contributed by atoms with Crippen molar-refractivity contribution in [1.82, 2.24) is 15.1 Å². The molecule has 202 valence electrons. The third-order valence-corrected chi connectivity index (χ3v) is 6.04. The number of nitrogens with two attached hydrogens (primary N) is 1. The minimum Gasteiger partial charge on any atom is -0.444 e. The number of nitrogens with one attached hydrogen (secondary N) is 2. The van der Waals surface area contributed by atoms with Crippen molar-refractivity contribution in [2.24, 2.45) is 5.73 Å². The van der Waals surface area contributed by atoms with Gasteiger partial charge in [0.15, 0.2) is 11.3 Å². The fraction of sp³-hybridized carbons (Fsp3) is 0.379. The largest absolute Gasteiger partial charge is 0.444 e. The molecule has 4 N–H and O–H groups in total. The van der Waals surface area contributed by atoms with Crippen LogP contribution in [0.4, 0.5) is 10.5 Å². The van der Waals surface area contributed by atoms with Crippen LogP contribution in [0.1, 0.15) is 61.6 Å². The Morgan fingerprint density at radius 3 is 2.26 bits per heavy atom. The lowest BCUT2D eigenvalue weighted by Crippen LogP contribution is -2.57. The first-order chi connectivity index (χ1) is 17.9. The van der Waals surface area contributed by atoms with Gasteiger partial charge < -0.3 is 21.1 Å². The van der Waals surface area contributed by atoms with Gasteiger partial charge in [-0.2, -0.15) is 5.10 Å². The lowest BCUT2D eigenvalue weighted by Gasteiger charge is -2.27. The van der Waals surface area contributed by atoms with E-state index < -0.39 is 28.9 Å². The Morgan fingerprint density at radius 2 is 1.63 bits per heavy atom. The average Bonchev–Trinajstić information content (AvgIpc) is 3.25. The molecule has 0 aliphatic heterocycles. The summed E-state index contributed by atoms with van der Waals surface area (Å²) in [6.07, 6.45) is 1.94. The highest BCUT2D eigenvalue weighted by Crippen LogP contribution is 2.24. The van der Waals surface area contributed by atoms with Gasteiger partial charge in [0.1, 0.15) is 5.60 Å². The summed E-state index contributed by atoms with van der Waals surface area (Å²) in [4.78, 5) is 39.2. The molecule has 1 atom stereocenters. The Bertz CT molecular complexity index is 1260. The number of aryl methyl sites for hydroxylation is 1. The smallest absolute Gasteiger partial charge is 0.407 e. The Labute approximate surface area is 223 Å². The average molecular weight is 520 g/mol. The highest BCUT2D eigenvalue weighted by molar-refractivity contribution is 6.21. The van der Waals surface area contributed by atoms with E-state index in [1.54, 1.807) is 44.5 Å². The molecule has 0 saturated carbocycles. The minimum atomic E-state index is -1.84. The van der Waals surface area contributed by atoms with Crippen molar-refractivity contribution < 1.29 is 19.1 Å². The molecular weight excluding hydrogens is 482 g/mol. The molecular formula is C29H37N5O4. The van der Waals surface area contributed by atoms with Crippen LogP contribution >= 0.6 is 0 Å². The molecule has 0 saturated heterocycles. The molecule has 2 aromatic carbocycles. The van der Waals surface area contributed by atoms with Crippen LogP contribution in [0, 0.1) is 13.8 Å². The zero-order valence-electron chi connectivity index (χ0n) is 22.7. The molecule has 0 aliphatic carbocycles. The first kappa shape index (κ1) is 28.6. The van der Waals surface area contributed by atoms with Gasteiger partial charge in [-0.25, -0.2) is 9.48 Å². The molecule has 0 aliphatic rings. The number of nitrogens with zero attached hydrogens (tertiary/aromatic N) is 2. The number of alkyl carbamates (subject to hydrolysis) is 1. The number of ketones is 1. The predicted molar refractivity (Wildman–Crippen MR) is 147 cm³/mol. The van der Waals surface area contributed by atoms with E-state index >= 15 is 0 Å². The summed E-state index contributed by atoms with van der Waals surface area (Å²) in [5.41, 5.74) is 7.44. The van der Waals surface area contributed by atoms with E-state index in [-0.39, 0.29) is 12.0 Å². The molecule has 38 heavy (non-hydrogen) atoms. The van der Waals surface area contributed by atoms with Crippen molar-refractivity contribution in [2.45, 2.75) is 65.0 Å². The molecule has 0 radical (unpaired) electrons. The Kier molecular flexibility index (Phi) is 9.06. The number of amides is 2. The first-order valence-electron chi connectivity index (χ1n) is 12.7. The van der Waals surface area contributed by atoms with Crippen molar-refractivity contribution >= 4 is 23.5 Å². The fourth-order valence-electron chi connectivity index (χ4n) is 3.95. The molecule has 0 unspecified atom stereocenters. The maximum absolute atomic E-state index is 13.8. The number of ether oxygens (including phenoxy) is 1. The van der Waals surface area contributed by atoms with Gasteiger partial charge in [-0.3, -0.25) is 9.59 Å². The number of Topliss-reactive ketones (excluding diaryl/α,β-unsaturated/α-hetero) is 1. The predicted octanol–water partition coefficient (Wildman–Crippen LogP) is 4.70. The van der Waals surface area contributed by atoms with Gasteiger partial charge in [-0.05, 0) is 78.1 Å². The second kappa shape index (κ2) is 12.0. The van der Waals surface area contributed by atoms with Gasteiger partial charge in [0.2, 0.25) is 0 Å². The maximum atomic E-state index is 13.8. The van der Waals surface area contributed by atoms with Gasteiger partial charge in [0, 0.05) is 12.2 Å². The number of carbonyl (C=O) groups is 3. The molecule has 3 aromatic rings. The number of carbonyl (C=O) groups excluding carboxylic acids is 3. The summed E-state index contributed by atoms with van der Waals surface area (Å²) in [5, 5.41) is 9.87. The second-order valence-corrected chi connectivity index (χ2v) is 10.4. The third kappa shape index (κ3) is 7.29. The SMILES string of the molecule is Cc1ccc(NC(=O)[C@](N)(CCCCNC(=O)OC(C)(C)C)C(=O)c2cnn(-c3ccccc3)c2C)cc1. The van der Waals surface area contributed by atoms with E-state index in [0.29, 0.717) is 30.8 Å². The number of aromatic nitrogens is 2. The van der Waals surface area contributed by atoms with Crippen LogP contribution in [0.25, 0.3) is 5.69 Å². The molecule has 1 aromatic heterocycles. The van der Waals surface area contributed by atoms with Gasteiger partial charge in [-0.15, -0.1) is 0 Å². The van der Waals surface area contributed by atoms with Crippen molar-refractivity contribution in [3.63, 3.8) is 0 Å². The molecule has 0 spiro atoms. The number of para-hydroxylation sites is 1. The number of unbranched alkanes of at least 4 members (excludes halogenated alkanes) is 1. The molecule has 1 heterocycles. The molecule has 0 fully saturated rings. The Morgan fingerprint density at radius 1 is 0.974 bits per heavy atom. The second-order valence-electron chi connectivity index (χ2n) is 10.4. The highest BCUT2D eigenvalue weighted by Gasteiger charge is 2.43. The summed E-state index contributed by atoms with van der Waals surface area (Å²) >= 11 is 0. The number of benzene rings is 2. The fourth-order valence-corrected chi connectivity index (χ4v) is 3.95.